The third-order valence-electron chi connectivity index (χ3n) is 4.17. The molecule has 2 nitrogen and oxygen atoms in total. The first-order valence-corrected chi connectivity index (χ1v) is 5.11. The van der Waals surface area contributed by atoms with E-state index >= 15 is 0 Å². The van der Waals surface area contributed by atoms with Crippen molar-refractivity contribution < 1.29 is 5.11 Å². The van der Waals surface area contributed by atoms with E-state index in [1.54, 1.807) is 0 Å². The van der Waals surface area contributed by atoms with Gasteiger partial charge in [-0.2, -0.15) is 0 Å². The van der Waals surface area contributed by atoms with Crippen molar-refractivity contribution in [2.24, 2.45) is 17.6 Å². The van der Waals surface area contributed by atoms with Crippen LogP contribution in [-0.2, 0) is 0 Å². The van der Waals surface area contributed by atoms with E-state index < -0.39 is 0 Å². The molecule has 12 heavy (non-hydrogen) atoms. The van der Waals surface area contributed by atoms with Gasteiger partial charge in [-0.1, -0.05) is 19.8 Å². The molecule has 2 saturated carbocycles. The van der Waals surface area contributed by atoms with Gasteiger partial charge in [0.05, 0.1) is 6.10 Å². The van der Waals surface area contributed by atoms with Gasteiger partial charge in [0, 0.05) is 5.54 Å². The highest BCUT2D eigenvalue weighted by Crippen LogP contribution is 2.45. The Morgan fingerprint density at radius 3 is 2.75 bits per heavy atom. The van der Waals surface area contributed by atoms with Crippen LogP contribution in [0.4, 0.5) is 0 Å². The quantitative estimate of drug-likeness (QED) is 0.573. The molecule has 2 bridgehead atoms. The summed E-state index contributed by atoms with van der Waals surface area (Å²) in [6.45, 7) is 2.21. The minimum atomic E-state index is -0.249. The Kier molecular flexibility index (Phi) is 1.92. The Bertz CT molecular complexity index is 181. The van der Waals surface area contributed by atoms with E-state index in [9.17, 15) is 5.11 Å². The summed E-state index contributed by atoms with van der Waals surface area (Å²) in [4.78, 5) is 0. The minimum Gasteiger partial charge on any atom is -0.391 e. The lowest BCUT2D eigenvalue weighted by molar-refractivity contribution is -0.0418. The molecule has 4 atom stereocenters. The van der Waals surface area contributed by atoms with Crippen LogP contribution in [0.25, 0.3) is 0 Å². The number of hydrogen-bond acceptors (Lipinski definition) is 2. The van der Waals surface area contributed by atoms with Crippen molar-refractivity contribution in [2.75, 3.05) is 0 Å². The van der Waals surface area contributed by atoms with Crippen LogP contribution in [0.5, 0.6) is 0 Å². The largest absolute Gasteiger partial charge is 0.391 e. The molecule has 0 aromatic rings. The molecule has 0 aromatic heterocycles. The summed E-state index contributed by atoms with van der Waals surface area (Å²) in [5.74, 6) is 1.31. The lowest BCUT2D eigenvalue weighted by atomic mass is 9.60. The van der Waals surface area contributed by atoms with Crippen molar-refractivity contribution in [1.29, 1.82) is 0 Å². The fourth-order valence-corrected chi connectivity index (χ4v) is 3.09. The fraction of sp³-hybridized carbons (Fsp3) is 1.00. The molecule has 0 aromatic carbocycles. The average Bonchev–Trinajstić information content (AvgIpc) is 2.04. The zero-order valence-electron chi connectivity index (χ0n) is 7.79. The maximum absolute atomic E-state index is 9.83. The lowest BCUT2D eigenvalue weighted by Crippen LogP contribution is -2.62. The van der Waals surface area contributed by atoms with E-state index in [-0.39, 0.29) is 11.6 Å². The maximum Gasteiger partial charge on any atom is 0.0722 e. The van der Waals surface area contributed by atoms with Crippen LogP contribution in [0.2, 0.25) is 0 Å². The fourth-order valence-electron chi connectivity index (χ4n) is 3.09. The average molecular weight is 169 g/mol. The molecule has 2 heteroatoms. The predicted molar refractivity (Wildman–Crippen MR) is 48.7 cm³/mol. The number of aliphatic hydroxyl groups is 1. The lowest BCUT2D eigenvalue weighted by Gasteiger charge is -2.51. The number of hydrogen-bond donors (Lipinski definition) is 2. The van der Waals surface area contributed by atoms with E-state index in [1.807, 2.05) is 0 Å². The third kappa shape index (κ3) is 1.01. The monoisotopic (exact) mass is 169 g/mol. The van der Waals surface area contributed by atoms with Gasteiger partial charge < -0.3 is 10.8 Å². The number of fused-ring (bicyclic) bond motifs is 2. The summed E-state index contributed by atoms with van der Waals surface area (Å²) >= 11 is 0. The summed E-state index contributed by atoms with van der Waals surface area (Å²) in [6.07, 6.45) is 5.41. The summed E-state index contributed by atoms with van der Waals surface area (Å²) in [5.41, 5.74) is 5.99. The van der Waals surface area contributed by atoms with Gasteiger partial charge in [-0.15, -0.1) is 0 Å². The molecule has 0 spiro atoms. The highest BCUT2D eigenvalue weighted by atomic mass is 16.3. The van der Waals surface area contributed by atoms with E-state index in [4.69, 9.17) is 5.73 Å². The first-order valence-electron chi connectivity index (χ1n) is 5.11. The molecule has 2 rings (SSSR count). The number of rotatable bonds is 0. The molecule has 0 aliphatic heterocycles. The van der Waals surface area contributed by atoms with Gasteiger partial charge in [-0.3, -0.25) is 0 Å². The highest BCUT2D eigenvalue weighted by Gasteiger charge is 2.48. The molecule has 0 saturated heterocycles. The van der Waals surface area contributed by atoms with E-state index in [0.717, 1.165) is 18.8 Å². The van der Waals surface area contributed by atoms with Gasteiger partial charge >= 0.3 is 0 Å². The Balaban J connectivity index is 2.23. The molecular weight excluding hydrogens is 150 g/mol. The first-order chi connectivity index (χ1) is 5.64. The Morgan fingerprint density at radius 2 is 2.08 bits per heavy atom. The smallest absolute Gasteiger partial charge is 0.0722 e. The zero-order chi connectivity index (χ0) is 8.77. The Morgan fingerprint density at radius 1 is 1.33 bits per heavy atom. The van der Waals surface area contributed by atoms with Crippen LogP contribution in [0, 0.1) is 11.8 Å². The molecule has 2 aliphatic carbocycles. The molecule has 2 fully saturated rings. The maximum atomic E-state index is 9.83. The SMILES string of the molecule is CC1C2CCCC1(N)C(O)CC2. The van der Waals surface area contributed by atoms with E-state index in [0.29, 0.717) is 5.92 Å². The molecular formula is C10H19NO. The molecule has 3 N–H and O–H groups in total. The van der Waals surface area contributed by atoms with Crippen LogP contribution in [-0.4, -0.2) is 16.7 Å². The summed E-state index contributed by atoms with van der Waals surface area (Å²) in [6, 6.07) is 0. The Labute approximate surface area is 74.1 Å². The van der Waals surface area contributed by atoms with Crippen molar-refractivity contribution in [3.05, 3.63) is 0 Å². The number of nitrogens with two attached hydrogens (primary N) is 1. The van der Waals surface area contributed by atoms with Gasteiger partial charge in [-0.05, 0) is 31.1 Å². The van der Waals surface area contributed by atoms with Gasteiger partial charge in [-0.25, -0.2) is 0 Å². The van der Waals surface area contributed by atoms with Crippen molar-refractivity contribution in [3.63, 3.8) is 0 Å². The van der Waals surface area contributed by atoms with Gasteiger partial charge in [0.25, 0.3) is 0 Å². The van der Waals surface area contributed by atoms with Gasteiger partial charge in [0.2, 0.25) is 0 Å². The normalized spacial score (nSPS) is 53.8. The van der Waals surface area contributed by atoms with E-state index in [2.05, 4.69) is 6.92 Å². The van der Waals surface area contributed by atoms with Crippen LogP contribution in [0.1, 0.15) is 39.0 Å². The second-order valence-corrected chi connectivity index (χ2v) is 4.65. The van der Waals surface area contributed by atoms with Crippen LogP contribution in [0.15, 0.2) is 0 Å². The third-order valence-corrected chi connectivity index (χ3v) is 4.17. The summed E-state index contributed by atoms with van der Waals surface area (Å²) in [7, 11) is 0. The predicted octanol–water partition coefficient (Wildman–Crippen LogP) is 1.27. The molecule has 0 amide bonds. The molecule has 2 aliphatic rings. The Hall–Kier alpha value is -0.0800. The molecule has 0 heterocycles. The molecule has 4 unspecified atom stereocenters. The minimum absolute atomic E-state index is 0.246. The van der Waals surface area contributed by atoms with Crippen LogP contribution >= 0.6 is 0 Å². The zero-order valence-corrected chi connectivity index (χ0v) is 7.79. The summed E-state index contributed by atoms with van der Waals surface area (Å²) in [5, 5.41) is 9.83. The van der Waals surface area contributed by atoms with Crippen LogP contribution in [0.3, 0.4) is 0 Å². The first kappa shape index (κ1) is 8.52. The van der Waals surface area contributed by atoms with Crippen molar-refractivity contribution >= 4 is 0 Å². The molecule has 0 radical (unpaired) electrons. The van der Waals surface area contributed by atoms with Gasteiger partial charge in [0.1, 0.15) is 0 Å². The van der Waals surface area contributed by atoms with Crippen molar-refractivity contribution in [3.8, 4) is 0 Å². The second kappa shape index (κ2) is 2.71. The topological polar surface area (TPSA) is 46.2 Å². The van der Waals surface area contributed by atoms with Crippen molar-refractivity contribution in [2.45, 2.75) is 50.7 Å². The molecule has 70 valence electrons. The standard InChI is InChI=1S/C10H19NO/c1-7-8-3-2-6-10(7,11)9(12)5-4-8/h7-9,12H,2-6,11H2,1H3. The van der Waals surface area contributed by atoms with Crippen molar-refractivity contribution in [1.82, 2.24) is 0 Å². The summed E-state index contributed by atoms with van der Waals surface area (Å²) < 4.78 is 0. The number of aliphatic hydroxyl groups excluding tert-OH is 1. The second-order valence-electron chi connectivity index (χ2n) is 4.65. The highest BCUT2D eigenvalue weighted by molar-refractivity contribution is 5.04. The van der Waals surface area contributed by atoms with E-state index in [1.165, 1.54) is 19.3 Å². The van der Waals surface area contributed by atoms with Gasteiger partial charge in [0.15, 0.2) is 0 Å². The van der Waals surface area contributed by atoms with Crippen LogP contribution < -0.4 is 5.73 Å².